The summed E-state index contributed by atoms with van der Waals surface area (Å²) in [4.78, 5) is 7.93. The number of guanidine groups is 1. The smallest absolute Gasteiger partial charge is 0.401 e. The monoisotopic (exact) mass is 414 g/mol. The minimum atomic E-state index is -4.15. The summed E-state index contributed by atoms with van der Waals surface area (Å²) in [6, 6.07) is 7.92. The Morgan fingerprint density at radius 2 is 2.03 bits per heavy atom. The van der Waals surface area contributed by atoms with Crippen molar-refractivity contribution in [1.82, 2.24) is 15.1 Å². The lowest BCUT2D eigenvalue weighted by Gasteiger charge is -2.26. The molecule has 1 aromatic rings. The number of likely N-dealkylation sites (tertiary alicyclic amines) is 1. The van der Waals surface area contributed by atoms with Gasteiger partial charge in [0.15, 0.2) is 5.96 Å². The third kappa shape index (κ3) is 8.12. The number of nitrogens with zero attached hydrogens (tertiary/aromatic N) is 3. The summed E-state index contributed by atoms with van der Waals surface area (Å²) in [5, 5.41) is 3.33. The minimum Gasteiger partial charge on any atom is -0.489 e. The summed E-state index contributed by atoms with van der Waals surface area (Å²) in [5.74, 6) is 1.80. The first-order valence-electron chi connectivity index (χ1n) is 10.2. The van der Waals surface area contributed by atoms with Crippen LogP contribution in [-0.2, 0) is 0 Å². The molecule has 1 heterocycles. The Hall–Kier alpha value is -1.96. The Bertz CT molecular complexity index is 648. The van der Waals surface area contributed by atoms with Gasteiger partial charge in [0.05, 0.1) is 13.1 Å². The van der Waals surface area contributed by atoms with Gasteiger partial charge >= 0.3 is 6.18 Å². The van der Waals surface area contributed by atoms with E-state index in [9.17, 15) is 13.2 Å². The second kappa shape index (κ2) is 10.7. The third-order valence-electron chi connectivity index (χ3n) is 5.07. The van der Waals surface area contributed by atoms with Crippen molar-refractivity contribution >= 4 is 5.96 Å². The normalized spacial score (nSPS) is 19.0. The maximum absolute atomic E-state index is 12.7. The molecule has 0 saturated carbocycles. The lowest BCUT2D eigenvalue weighted by molar-refractivity contribution is -0.146. The first kappa shape index (κ1) is 23.3. The molecule has 8 heteroatoms. The van der Waals surface area contributed by atoms with Crippen molar-refractivity contribution in [3.63, 3.8) is 0 Å². The number of hydrogen-bond donors (Lipinski definition) is 1. The second-order valence-corrected chi connectivity index (χ2v) is 7.71. The zero-order chi connectivity index (χ0) is 21.4. The van der Waals surface area contributed by atoms with E-state index >= 15 is 0 Å². The summed E-state index contributed by atoms with van der Waals surface area (Å²) in [5.41, 5.74) is 1.18. The number of ether oxygens (including phenoxy) is 1. The molecule has 2 unspecified atom stereocenters. The zero-order valence-corrected chi connectivity index (χ0v) is 17.8. The quantitative estimate of drug-likeness (QED) is 0.522. The lowest BCUT2D eigenvalue weighted by Crippen LogP contribution is -2.44. The summed E-state index contributed by atoms with van der Waals surface area (Å²) in [6.07, 6.45) is -3.33. The van der Waals surface area contributed by atoms with Crippen LogP contribution in [0.2, 0.25) is 0 Å². The van der Waals surface area contributed by atoms with Crippen LogP contribution in [0, 0.1) is 12.8 Å². The standard InChI is InChI=1S/C21H33F3N4O/c1-5-27(15-21(22,23)24)13-18-10-11-28(14-18)20(25-4)26-12-17(3)29-19-8-6-16(2)7-9-19/h6-9,17-18H,5,10-15H2,1-4H3,(H,25,26). The van der Waals surface area contributed by atoms with Gasteiger partial charge < -0.3 is 15.0 Å². The number of nitrogens with one attached hydrogen (secondary N) is 1. The van der Waals surface area contributed by atoms with Gasteiger partial charge in [0.25, 0.3) is 0 Å². The number of benzene rings is 1. The molecule has 0 bridgehead atoms. The first-order valence-corrected chi connectivity index (χ1v) is 10.2. The maximum atomic E-state index is 12.7. The van der Waals surface area contributed by atoms with Crippen molar-refractivity contribution < 1.29 is 17.9 Å². The fourth-order valence-corrected chi connectivity index (χ4v) is 3.56. The lowest BCUT2D eigenvalue weighted by atomic mass is 10.1. The molecular formula is C21H33F3N4O. The van der Waals surface area contributed by atoms with Gasteiger partial charge in [-0.25, -0.2) is 0 Å². The molecule has 0 radical (unpaired) electrons. The number of aliphatic imine (C=N–C) groups is 1. The van der Waals surface area contributed by atoms with Crippen molar-refractivity contribution in [3.05, 3.63) is 29.8 Å². The van der Waals surface area contributed by atoms with Crippen molar-refractivity contribution in [2.45, 2.75) is 39.5 Å². The van der Waals surface area contributed by atoms with Crippen molar-refractivity contribution in [2.75, 3.05) is 46.3 Å². The molecule has 29 heavy (non-hydrogen) atoms. The highest BCUT2D eigenvalue weighted by molar-refractivity contribution is 5.80. The largest absolute Gasteiger partial charge is 0.489 e. The van der Waals surface area contributed by atoms with Gasteiger partial charge in [0.1, 0.15) is 11.9 Å². The predicted octanol–water partition coefficient (Wildman–Crippen LogP) is 3.54. The van der Waals surface area contributed by atoms with Crippen LogP contribution in [0.3, 0.4) is 0 Å². The molecular weight excluding hydrogens is 381 g/mol. The molecule has 2 rings (SSSR count). The summed E-state index contributed by atoms with van der Waals surface area (Å²) in [6.45, 7) is 7.90. The summed E-state index contributed by atoms with van der Waals surface area (Å²) < 4.78 is 44.0. The van der Waals surface area contributed by atoms with Crippen LogP contribution in [0.4, 0.5) is 13.2 Å². The van der Waals surface area contributed by atoms with Crippen molar-refractivity contribution in [3.8, 4) is 5.75 Å². The van der Waals surface area contributed by atoms with Gasteiger partial charge in [-0.2, -0.15) is 13.2 Å². The van der Waals surface area contributed by atoms with Crippen LogP contribution in [0.5, 0.6) is 5.75 Å². The Morgan fingerprint density at radius 1 is 1.34 bits per heavy atom. The van der Waals surface area contributed by atoms with Crippen molar-refractivity contribution in [2.24, 2.45) is 10.9 Å². The van der Waals surface area contributed by atoms with Crippen LogP contribution in [0.15, 0.2) is 29.3 Å². The predicted molar refractivity (Wildman–Crippen MR) is 110 cm³/mol. The molecule has 1 saturated heterocycles. The van der Waals surface area contributed by atoms with Crippen LogP contribution in [-0.4, -0.2) is 74.4 Å². The van der Waals surface area contributed by atoms with Gasteiger partial charge in [-0.15, -0.1) is 0 Å². The molecule has 1 N–H and O–H groups in total. The molecule has 1 aliphatic heterocycles. The van der Waals surface area contributed by atoms with E-state index < -0.39 is 12.7 Å². The van der Waals surface area contributed by atoms with E-state index in [2.05, 4.69) is 15.2 Å². The van der Waals surface area contributed by atoms with E-state index in [1.807, 2.05) is 38.1 Å². The number of aryl methyl sites for hydroxylation is 1. The highest BCUT2D eigenvalue weighted by atomic mass is 19.4. The Kier molecular flexibility index (Phi) is 8.61. The third-order valence-corrected chi connectivity index (χ3v) is 5.07. The van der Waals surface area contributed by atoms with Gasteiger partial charge in [-0.3, -0.25) is 9.89 Å². The number of halogens is 3. The minimum absolute atomic E-state index is 0.0461. The molecule has 2 atom stereocenters. The molecule has 0 aliphatic carbocycles. The van der Waals surface area contributed by atoms with E-state index in [-0.39, 0.29) is 12.0 Å². The Balaban J connectivity index is 1.79. The SMILES string of the molecule is CCN(CC1CCN(C(=NC)NCC(C)Oc2ccc(C)cc2)C1)CC(F)(F)F. The number of hydrogen-bond acceptors (Lipinski definition) is 3. The molecule has 5 nitrogen and oxygen atoms in total. The van der Waals surface area contributed by atoms with Crippen LogP contribution >= 0.6 is 0 Å². The van der Waals surface area contributed by atoms with Crippen LogP contribution in [0.25, 0.3) is 0 Å². The maximum Gasteiger partial charge on any atom is 0.401 e. The first-order chi connectivity index (χ1) is 13.7. The van der Waals surface area contributed by atoms with Gasteiger partial charge in [-0.05, 0) is 44.9 Å². The van der Waals surface area contributed by atoms with E-state index in [1.165, 1.54) is 10.5 Å². The second-order valence-electron chi connectivity index (χ2n) is 7.71. The molecule has 0 amide bonds. The fourth-order valence-electron chi connectivity index (χ4n) is 3.56. The van der Waals surface area contributed by atoms with Gasteiger partial charge in [0.2, 0.25) is 0 Å². The topological polar surface area (TPSA) is 40.1 Å². The summed E-state index contributed by atoms with van der Waals surface area (Å²) >= 11 is 0. The molecule has 1 fully saturated rings. The molecule has 0 aromatic heterocycles. The van der Waals surface area contributed by atoms with E-state index in [4.69, 9.17) is 4.74 Å². The van der Waals surface area contributed by atoms with Crippen molar-refractivity contribution in [1.29, 1.82) is 0 Å². The fraction of sp³-hybridized carbons (Fsp3) is 0.667. The molecule has 0 spiro atoms. The average molecular weight is 415 g/mol. The number of alkyl halides is 3. The van der Waals surface area contributed by atoms with E-state index in [1.54, 1.807) is 14.0 Å². The van der Waals surface area contributed by atoms with E-state index in [0.717, 1.165) is 24.7 Å². The van der Waals surface area contributed by atoms with Crippen LogP contribution < -0.4 is 10.1 Å². The van der Waals surface area contributed by atoms with E-state index in [0.29, 0.717) is 26.2 Å². The van der Waals surface area contributed by atoms with Crippen LogP contribution in [0.1, 0.15) is 25.8 Å². The highest BCUT2D eigenvalue weighted by Crippen LogP contribution is 2.21. The van der Waals surface area contributed by atoms with Gasteiger partial charge in [0, 0.05) is 26.7 Å². The zero-order valence-electron chi connectivity index (χ0n) is 17.8. The summed E-state index contributed by atoms with van der Waals surface area (Å²) in [7, 11) is 1.73. The Morgan fingerprint density at radius 3 is 2.62 bits per heavy atom. The average Bonchev–Trinajstić information content (AvgIpc) is 3.11. The van der Waals surface area contributed by atoms with Gasteiger partial charge in [-0.1, -0.05) is 24.6 Å². The molecule has 1 aromatic carbocycles. The number of rotatable bonds is 8. The molecule has 164 valence electrons. The molecule has 1 aliphatic rings. The highest BCUT2D eigenvalue weighted by Gasteiger charge is 2.33. The Labute approximate surface area is 171 Å².